The van der Waals surface area contributed by atoms with Crippen molar-refractivity contribution in [2.45, 2.75) is 0 Å². The molecule has 2 heterocycles. The van der Waals surface area contributed by atoms with Crippen LogP contribution < -0.4 is 10.2 Å². The predicted octanol–water partition coefficient (Wildman–Crippen LogP) is 2.36. The molecule has 3 aromatic rings. The highest BCUT2D eigenvalue weighted by molar-refractivity contribution is 7.00. The summed E-state index contributed by atoms with van der Waals surface area (Å²) in [6.45, 7) is 2.83. The number of hydrogen-bond acceptors (Lipinski definition) is 8. The van der Waals surface area contributed by atoms with Gasteiger partial charge in [0, 0.05) is 32.2 Å². The van der Waals surface area contributed by atoms with E-state index < -0.39 is 0 Å². The Labute approximate surface area is 165 Å². The molecular weight excluding hydrogens is 380 g/mol. The second-order valence-electron chi connectivity index (χ2n) is 6.49. The van der Waals surface area contributed by atoms with E-state index in [1.807, 2.05) is 28.0 Å². The van der Waals surface area contributed by atoms with Crippen LogP contribution >= 0.6 is 11.7 Å². The molecule has 1 aromatic heterocycles. The maximum Gasteiger partial charge on any atom is 0.292 e. The van der Waals surface area contributed by atoms with E-state index in [1.165, 1.54) is 6.07 Å². The summed E-state index contributed by atoms with van der Waals surface area (Å²) in [5.41, 5.74) is 2.86. The van der Waals surface area contributed by atoms with Gasteiger partial charge >= 0.3 is 0 Å². The van der Waals surface area contributed by atoms with E-state index in [0.717, 1.165) is 17.2 Å². The second kappa shape index (κ2) is 7.87. The number of anilines is 2. The van der Waals surface area contributed by atoms with Crippen molar-refractivity contribution < 1.29 is 9.72 Å². The van der Waals surface area contributed by atoms with Gasteiger partial charge in [-0.2, -0.15) is 8.75 Å². The molecular formula is C18H18N6O3S. The first-order chi connectivity index (χ1) is 13.6. The Morgan fingerprint density at radius 2 is 1.89 bits per heavy atom. The third-order valence-corrected chi connectivity index (χ3v) is 5.26. The Morgan fingerprint density at radius 3 is 2.68 bits per heavy atom. The van der Waals surface area contributed by atoms with Crippen LogP contribution in [0, 0.1) is 10.1 Å². The highest BCUT2D eigenvalue weighted by atomic mass is 32.1. The maximum atomic E-state index is 12.4. The van der Waals surface area contributed by atoms with Crippen molar-refractivity contribution in [3.8, 4) is 0 Å². The Morgan fingerprint density at radius 1 is 1.11 bits per heavy atom. The summed E-state index contributed by atoms with van der Waals surface area (Å²) in [5.74, 6) is -0.111. The average Bonchev–Trinajstić information content (AvgIpc) is 3.18. The van der Waals surface area contributed by atoms with Crippen molar-refractivity contribution in [3.63, 3.8) is 0 Å². The summed E-state index contributed by atoms with van der Waals surface area (Å²) < 4.78 is 8.40. The van der Waals surface area contributed by atoms with Gasteiger partial charge in [0.25, 0.3) is 5.69 Å². The summed E-state index contributed by atoms with van der Waals surface area (Å²) in [6.07, 6.45) is 0. The molecule has 1 fully saturated rings. The quantitative estimate of drug-likeness (QED) is 0.520. The van der Waals surface area contributed by atoms with Gasteiger partial charge < -0.3 is 10.2 Å². The number of para-hydroxylation sites is 2. The van der Waals surface area contributed by atoms with E-state index in [9.17, 15) is 14.9 Å². The fourth-order valence-electron chi connectivity index (χ4n) is 3.33. The number of benzene rings is 2. The number of amides is 1. The van der Waals surface area contributed by atoms with Gasteiger partial charge in [-0.15, -0.1) is 0 Å². The highest BCUT2D eigenvalue weighted by Gasteiger charge is 2.24. The lowest BCUT2D eigenvalue weighted by Crippen LogP contribution is -2.48. The topological polar surface area (TPSA) is 104 Å². The zero-order valence-corrected chi connectivity index (χ0v) is 15.8. The zero-order chi connectivity index (χ0) is 19.5. The van der Waals surface area contributed by atoms with E-state index in [-0.39, 0.29) is 23.1 Å². The van der Waals surface area contributed by atoms with Crippen LogP contribution in [0.5, 0.6) is 0 Å². The van der Waals surface area contributed by atoms with Crippen LogP contribution in [0.4, 0.5) is 17.1 Å². The molecule has 10 heteroatoms. The molecule has 1 N–H and O–H groups in total. The Hall–Kier alpha value is -3.11. The van der Waals surface area contributed by atoms with Gasteiger partial charge in [-0.05, 0) is 18.2 Å². The molecule has 0 radical (unpaired) electrons. The largest absolute Gasteiger partial charge is 0.363 e. The Balaban J connectivity index is 1.35. The number of rotatable bonds is 5. The third-order valence-electron chi connectivity index (χ3n) is 4.72. The van der Waals surface area contributed by atoms with Crippen LogP contribution in [0.3, 0.4) is 0 Å². The molecule has 144 valence electrons. The summed E-state index contributed by atoms with van der Waals surface area (Å²) in [7, 11) is 0. The third kappa shape index (κ3) is 3.78. The van der Waals surface area contributed by atoms with Crippen LogP contribution in [0.15, 0.2) is 42.5 Å². The first-order valence-electron chi connectivity index (χ1n) is 8.83. The standard InChI is InChI=1S/C18H18N6O3S/c25-17(19-13-4-3-5-14-18(13)21-28-20-14)12-22-8-10-23(11-9-22)15-6-1-2-7-16(15)24(26)27/h1-7H,8-12H2,(H,19,25). The van der Waals surface area contributed by atoms with Gasteiger partial charge in [0.15, 0.2) is 0 Å². The summed E-state index contributed by atoms with van der Waals surface area (Å²) in [4.78, 5) is 27.3. The Bertz CT molecular complexity index is 1020. The van der Waals surface area contributed by atoms with E-state index in [4.69, 9.17) is 0 Å². The van der Waals surface area contributed by atoms with E-state index in [1.54, 1.807) is 18.2 Å². The fourth-order valence-corrected chi connectivity index (χ4v) is 3.88. The number of aromatic nitrogens is 2. The Kier molecular flexibility index (Phi) is 5.13. The molecule has 4 rings (SSSR count). The van der Waals surface area contributed by atoms with Gasteiger partial charge in [0.2, 0.25) is 5.91 Å². The minimum absolute atomic E-state index is 0.110. The van der Waals surface area contributed by atoms with Crippen LogP contribution in [0.1, 0.15) is 0 Å². The summed E-state index contributed by atoms with van der Waals surface area (Å²) in [6, 6.07) is 12.3. The van der Waals surface area contributed by atoms with Gasteiger partial charge in [0.05, 0.1) is 28.9 Å². The van der Waals surface area contributed by atoms with Crippen LogP contribution in [-0.2, 0) is 4.79 Å². The molecule has 9 nitrogen and oxygen atoms in total. The van der Waals surface area contributed by atoms with Crippen molar-refractivity contribution >= 4 is 45.7 Å². The fraction of sp³-hybridized carbons (Fsp3) is 0.278. The van der Waals surface area contributed by atoms with Crippen LogP contribution in [0.25, 0.3) is 11.0 Å². The summed E-state index contributed by atoms with van der Waals surface area (Å²) >= 11 is 1.12. The van der Waals surface area contributed by atoms with Gasteiger partial charge in [0.1, 0.15) is 16.7 Å². The first kappa shape index (κ1) is 18.3. The van der Waals surface area contributed by atoms with Gasteiger partial charge in [-0.3, -0.25) is 19.8 Å². The SMILES string of the molecule is O=C(CN1CCN(c2ccccc2[N+](=O)[O-])CC1)Nc1cccc2nsnc12. The minimum atomic E-state index is -0.358. The lowest BCUT2D eigenvalue weighted by Gasteiger charge is -2.35. The number of piperazine rings is 1. The number of fused-ring (bicyclic) bond motifs is 1. The normalized spacial score (nSPS) is 14.9. The number of hydrogen-bond donors (Lipinski definition) is 1. The molecule has 1 saturated heterocycles. The maximum absolute atomic E-state index is 12.4. The molecule has 0 atom stereocenters. The monoisotopic (exact) mass is 398 g/mol. The van der Waals surface area contributed by atoms with Crippen molar-refractivity contribution in [2.24, 2.45) is 0 Å². The molecule has 0 bridgehead atoms. The molecule has 1 aliphatic rings. The van der Waals surface area contributed by atoms with Gasteiger partial charge in [-0.1, -0.05) is 18.2 Å². The average molecular weight is 398 g/mol. The number of carbonyl (C=O) groups is 1. The number of nitro groups is 1. The zero-order valence-electron chi connectivity index (χ0n) is 14.9. The van der Waals surface area contributed by atoms with E-state index >= 15 is 0 Å². The lowest BCUT2D eigenvalue weighted by molar-refractivity contribution is -0.384. The number of nitro benzene ring substituents is 1. The molecule has 0 unspecified atom stereocenters. The smallest absolute Gasteiger partial charge is 0.292 e. The number of nitrogens with one attached hydrogen (secondary N) is 1. The molecule has 1 amide bonds. The van der Waals surface area contributed by atoms with Crippen molar-refractivity contribution in [2.75, 3.05) is 42.9 Å². The second-order valence-corrected chi connectivity index (χ2v) is 7.02. The molecule has 1 aliphatic heterocycles. The van der Waals surface area contributed by atoms with Gasteiger partial charge in [-0.25, -0.2) is 0 Å². The van der Waals surface area contributed by atoms with Crippen molar-refractivity contribution in [3.05, 3.63) is 52.6 Å². The van der Waals surface area contributed by atoms with E-state index in [2.05, 4.69) is 14.1 Å². The predicted molar refractivity (Wildman–Crippen MR) is 108 cm³/mol. The highest BCUT2D eigenvalue weighted by Crippen LogP contribution is 2.28. The van der Waals surface area contributed by atoms with Crippen molar-refractivity contribution in [1.82, 2.24) is 13.6 Å². The number of nitrogens with zero attached hydrogens (tertiary/aromatic N) is 5. The lowest BCUT2D eigenvalue weighted by atomic mass is 10.2. The molecule has 0 spiro atoms. The first-order valence-corrected chi connectivity index (χ1v) is 9.57. The molecule has 0 saturated carbocycles. The van der Waals surface area contributed by atoms with Crippen molar-refractivity contribution in [1.29, 1.82) is 0 Å². The number of carbonyl (C=O) groups excluding carboxylic acids is 1. The summed E-state index contributed by atoms with van der Waals surface area (Å²) in [5, 5.41) is 14.1. The van der Waals surface area contributed by atoms with Crippen LogP contribution in [0.2, 0.25) is 0 Å². The molecule has 28 heavy (non-hydrogen) atoms. The molecule has 2 aromatic carbocycles. The van der Waals surface area contributed by atoms with Crippen LogP contribution in [-0.4, -0.2) is 57.2 Å². The molecule has 0 aliphatic carbocycles. The minimum Gasteiger partial charge on any atom is -0.363 e. The van der Waals surface area contributed by atoms with E-state index in [0.29, 0.717) is 43.1 Å².